The van der Waals surface area contributed by atoms with Crippen LogP contribution in [0.5, 0.6) is 5.75 Å². The summed E-state index contributed by atoms with van der Waals surface area (Å²) in [6.07, 6.45) is 5.44. The van der Waals surface area contributed by atoms with Crippen LogP contribution in [0.1, 0.15) is 40.7 Å². The summed E-state index contributed by atoms with van der Waals surface area (Å²) in [6.45, 7) is 3.18. The van der Waals surface area contributed by atoms with Gasteiger partial charge in [-0.05, 0) is 55.7 Å². The fourth-order valence-corrected chi connectivity index (χ4v) is 4.20. The molecule has 0 bridgehead atoms. The average Bonchev–Trinajstić information content (AvgIpc) is 3.44. The zero-order valence-corrected chi connectivity index (χ0v) is 17.6. The molecule has 4 aromatic rings. The highest BCUT2D eigenvalue weighted by atomic mass is 16.5. The Bertz CT molecular complexity index is 1240. The summed E-state index contributed by atoms with van der Waals surface area (Å²) in [5.41, 5.74) is 3.53. The molecule has 3 aromatic heterocycles. The molecule has 1 aliphatic heterocycles. The van der Waals surface area contributed by atoms with Crippen molar-refractivity contribution in [2.45, 2.75) is 25.7 Å². The van der Waals surface area contributed by atoms with E-state index in [0.29, 0.717) is 17.9 Å². The zero-order chi connectivity index (χ0) is 21.4. The fourth-order valence-electron chi connectivity index (χ4n) is 4.20. The molecule has 0 radical (unpaired) electrons. The van der Waals surface area contributed by atoms with Crippen LogP contribution in [-0.4, -0.2) is 45.6 Å². The number of pyridine rings is 1. The van der Waals surface area contributed by atoms with Gasteiger partial charge in [0, 0.05) is 30.8 Å². The molecule has 1 aromatic carbocycles. The highest BCUT2D eigenvalue weighted by Gasteiger charge is 2.29. The molecule has 1 aliphatic rings. The molecular weight excluding hydrogens is 392 g/mol. The van der Waals surface area contributed by atoms with E-state index in [1.54, 1.807) is 19.4 Å². The molecule has 1 saturated heterocycles. The number of methoxy groups -OCH3 is 1. The predicted octanol–water partition coefficient (Wildman–Crippen LogP) is 4.33. The Morgan fingerprint density at radius 2 is 2.10 bits per heavy atom. The summed E-state index contributed by atoms with van der Waals surface area (Å²) in [7, 11) is 1.66. The molecule has 1 atom stereocenters. The van der Waals surface area contributed by atoms with Crippen LogP contribution in [0.2, 0.25) is 0 Å². The van der Waals surface area contributed by atoms with Gasteiger partial charge in [-0.25, -0.2) is 9.50 Å². The first kappa shape index (κ1) is 19.4. The Hall–Kier alpha value is -3.61. The summed E-state index contributed by atoms with van der Waals surface area (Å²) >= 11 is 0. The molecule has 0 unspecified atom stereocenters. The van der Waals surface area contributed by atoms with Crippen LogP contribution in [0.15, 0.2) is 59.3 Å². The summed E-state index contributed by atoms with van der Waals surface area (Å²) < 4.78 is 12.5. The number of aromatic nitrogens is 3. The molecular formula is C24H24N4O3. The molecule has 7 nitrogen and oxygen atoms in total. The zero-order valence-electron chi connectivity index (χ0n) is 17.6. The van der Waals surface area contributed by atoms with Crippen molar-refractivity contribution in [2.75, 3.05) is 20.2 Å². The highest BCUT2D eigenvalue weighted by molar-refractivity contribution is 5.95. The van der Waals surface area contributed by atoms with E-state index >= 15 is 0 Å². The molecule has 4 heterocycles. The van der Waals surface area contributed by atoms with Gasteiger partial charge in [0.05, 0.1) is 18.9 Å². The van der Waals surface area contributed by atoms with E-state index in [-0.39, 0.29) is 11.8 Å². The molecule has 158 valence electrons. The second kappa shape index (κ2) is 7.91. The number of furan rings is 1. The van der Waals surface area contributed by atoms with E-state index < -0.39 is 0 Å². The number of carbonyl (C=O) groups is 1. The average molecular weight is 416 g/mol. The standard InChI is InChI=1S/C24H24N4O3/c1-16-21(10-12-31-16)24(29)27-11-4-6-19(14-27)23-25-22-9-8-18(15-28(22)26-23)17-5-3-7-20(13-17)30-2/h3,5,7-10,12-13,15,19H,4,6,11,14H2,1-2H3/t19-/m0/s1. The van der Waals surface area contributed by atoms with Crippen molar-refractivity contribution in [3.8, 4) is 16.9 Å². The van der Waals surface area contributed by atoms with E-state index in [1.807, 2.05) is 58.9 Å². The second-order valence-corrected chi connectivity index (χ2v) is 7.90. The summed E-state index contributed by atoms with van der Waals surface area (Å²) in [4.78, 5) is 19.5. The van der Waals surface area contributed by atoms with Crippen molar-refractivity contribution >= 4 is 11.6 Å². The van der Waals surface area contributed by atoms with Crippen LogP contribution in [0.25, 0.3) is 16.8 Å². The van der Waals surface area contributed by atoms with Gasteiger partial charge in [-0.15, -0.1) is 0 Å². The van der Waals surface area contributed by atoms with Crippen LogP contribution >= 0.6 is 0 Å². The largest absolute Gasteiger partial charge is 0.497 e. The second-order valence-electron chi connectivity index (χ2n) is 7.90. The van der Waals surface area contributed by atoms with Gasteiger partial charge in [-0.2, -0.15) is 5.10 Å². The Labute approximate surface area is 180 Å². The Morgan fingerprint density at radius 3 is 2.90 bits per heavy atom. The molecule has 5 rings (SSSR count). The number of carbonyl (C=O) groups excluding carboxylic acids is 1. The number of hydrogen-bond acceptors (Lipinski definition) is 5. The van der Waals surface area contributed by atoms with Crippen molar-refractivity contribution in [3.63, 3.8) is 0 Å². The monoisotopic (exact) mass is 416 g/mol. The number of ether oxygens (including phenoxy) is 1. The van der Waals surface area contributed by atoms with Gasteiger partial charge < -0.3 is 14.1 Å². The number of aryl methyl sites for hydroxylation is 1. The van der Waals surface area contributed by atoms with E-state index in [2.05, 4.69) is 0 Å². The number of piperidine rings is 1. The molecule has 7 heteroatoms. The number of amides is 1. The van der Waals surface area contributed by atoms with Gasteiger partial charge in [-0.1, -0.05) is 12.1 Å². The summed E-state index contributed by atoms with van der Waals surface area (Å²) in [5.74, 6) is 2.38. The molecule has 1 fully saturated rings. The first-order chi connectivity index (χ1) is 15.1. The van der Waals surface area contributed by atoms with Crippen molar-refractivity contribution in [3.05, 3.63) is 72.1 Å². The predicted molar refractivity (Wildman–Crippen MR) is 116 cm³/mol. The minimum Gasteiger partial charge on any atom is -0.497 e. The van der Waals surface area contributed by atoms with Crippen molar-refractivity contribution in [1.82, 2.24) is 19.5 Å². The highest BCUT2D eigenvalue weighted by Crippen LogP contribution is 2.28. The van der Waals surface area contributed by atoms with Crippen molar-refractivity contribution in [1.29, 1.82) is 0 Å². The van der Waals surface area contributed by atoms with Gasteiger partial charge in [0.15, 0.2) is 11.5 Å². The molecule has 0 N–H and O–H groups in total. The maximum Gasteiger partial charge on any atom is 0.257 e. The topological polar surface area (TPSA) is 72.9 Å². The molecule has 31 heavy (non-hydrogen) atoms. The lowest BCUT2D eigenvalue weighted by atomic mass is 9.97. The summed E-state index contributed by atoms with van der Waals surface area (Å²) in [6, 6.07) is 13.7. The minimum atomic E-state index is 0.0139. The van der Waals surface area contributed by atoms with Crippen LogP contribution in [0.3, 0.4) is 0 Å². The van der Waals surface area contributed by atoms with Gasteiger partial charge in [0.2, 0.25) is 0 Å². The van der Waals surface area contributed by atoms with Gasteiger partial charge >= 0.3 is 0 Å². The molecule has 0 aliphatic carbocycles. The van der Waals surface area contributed by atoms with E-state index in [0.717, 1.165) is 47.7 Å². The molecule has 1 amide bonds. The van der Waals surface area contributed by atoms with Gasteiger partial charge in [-0.3, -0.25) is 4.79 Å². The van der Waals surface area contributed by atoms with E-state index in [4.69, 9.17) is 19.2 Å². The fraction of sp³-hybridized carbons (Fsp3) is 0.292. The normalized spacial score (nSPS) is 16.6. The van der Waals surface area contributed by atoms with Crippen molar-refractivity contribution < 1.29 is 13.9 Å². The number of rotatable bonds is 4. The third-order valence-corrected chi connectivity index (χ3v) is 5.91. The minimum absolute atomic E-state index is 0.0139. The van der Waals surface area contributed by atoms with Gasteiger partial charge in [0.25, 0.3) is 5.91 Å². The first-order valence-corrected chi connectivity index (χ1v) is 10.5. The first-order valence-electron chi connectivity index (χ1n) is 10.5. The Balaban J connectivity index is 1.40. The van der Waals surface area contributed by atoms with Gasteiger partial charge in [0.1, 0.15) is 11.5 Å². The number of likely N-dealkylation sites (tertiary alicyclic amines) is 1. The third-order valence-electron chi connectivity index (χ3n) is 5.91. The van der Waals surface area contributed by atoms with E-state index in [1.165, 1.54) is 0 Å². The SMILES string of the molecule is COc1cccc(-c2ccc3nc([C@H]4CCCN(C(=O)c5ccoc5C)C4)nn3c2)c1. The Morgan fingerprint density at radius 1 is 1.19 bits per heavy atom. The third kappa shape index (κ3) is 3.67. The molecule has 0 saturated carbocycles. The van der Waals surface area contributed by atoms with Crippen molar-refractivity contribution in [2.24, 2.45) is 0 Å². The number of fused-ring (bicyclic) bond motifs is 1. The lowest BCUT2D eigenvalue weighted by molar-refractivity contribution is 0.0703. The number of benzene rings is 1. The Kier molecular flexibility index (Phi) is 4.94. The lowest BCUT2D eigenvalue weighted by Crippen LogP contribution is -2.39. The molecule has 0 spiro atoms. The summed E-state index contributed by atoms with van der Waals surface area (Å²) in [5, 5.41) is 4.76. The van der Waals surface area contributed by atoms with E-state index in [9.17, 15) is 4.79 Å². The quantitative estimate of drug-likeness (QED) is 0.495. The number of hydrogen-bond donors (Lipinski definition) is 0. The smallest absolute Gasteiger partial charge is 0.257 e. The maximum atomic E-state index is 12.9. The number of nitrogens with zero attached hydrogens (tertiary/aromatic N) is 4. The lowest BCUT2D eigenvalue weighted by Gasteiger charge is -2.31. The van der Waals surface area contributed by atoms with Crippen LogP contribution in [0.4, 0.5) is 0 Å². The van der Waals surface area contributed by atoms with Crippen LogP contribution in [-0.2, 0) is 0 Å². The van der Waals surface area contributed by atoms with Crippen LogP contribution < -0.4 is 4.74 Å². The maximum absolute atomic E-state index is 12.9. The van der Waals surface area contributed by atoms with Crippen LogP contribution in [0, 0.1) is 6.92 Å².